The highest BCUT2D eigenvalue weighted by Crippen LogP contribution is 2.18. The van der Waals surface area contributed by atoms with Gasteiger partial charge in [-0.15, -0.1) is 16.7 Å². The molecule has 0 unspecified atom stereocenters. The molecule has 4 nitrogen and oxygen atoms in total. The second kappa shape index (κ2) is 5.18. The van der Waals surface area contributed by atoms with Crippen LogP contribution < -0.4 is 5.32 Å². The van der Waals surface area contributed by atoms with Crippen LogP contribution in [0.1, 0.15) is 5.89 Å². The molecule has 0 spiro atoms. The van der Waals surface area contributed by atoms with Crippen molar-refractivity contribution in [2.45, 2.75) is 6.42 Å². The Morgan fingerprint density at radius 2 is 1.94 bits per heavy atom. The maximum Gasteiger partial charge on any atom is 0.320 e. The Labute approximate surface area is 103 Å². The van der Waals surface area contributed by atoms with E-state index in [9.17, 15) is 0 Å². The third-order valence-electron chi connectivity index (χ3n) is 1.87. The Kier molecular flexibility index (Phi) is 3.64. The molecule has 1 aromatic carbocycles. The number of hydrogen-bond acceptors (Lipinski definition) is 4. The number of anilines is 2. The standard InChI is InChI=1S/C10H9Cl2N3O/c11-6-5-9-14-15-10(16-9)13-8-3-1-7(12)2-4-8/h1-4H,5-6H2,(H,13,15). The molecule has 0 aliphatic heterocycles. The highest BCUT2D eigenvalue weighted by atomic mass is 35.5. The molecule has 2 rings (SSSR count). The first-order chi connectivity index (χ1) is 7.78. The van der Waals surface area contributed by atoms with Gasteiger partial charge in [-0.05, 0) is 24.3 Å². The lowest BCUT2D eigenvalue weighted by atomic mass is 10.3. The molecule has 1 N–H and O–H groups in total. The van der Waals surface area contributed by atoms with Crippen molar-refractivity contribution in [3.8, 4) is 0 Å². The van der Waals surface area contributed by atoms with Crippen LogP contribution in [-0.2, 0) is 6.42 Å². The highest BCUT2D eigenvalue weighted by Gasteiger charge is 2.05. The zero-order valence-corrected chi connectivity index (χ0v) is 9.79. The van der Waals surface area contributed by atoms with Crippen molar-refractivity contribution >= 4 is 34.9 Å². The van der Waals surface area contributed by atoms with Gasteiger partial charge >= 0.3 is 6.01 Å². The Hall–Kier alpha value is -1.26. The van der Waals surface area contributed by atoms with Crippen LogP contribution in [-0.4, -0.2) is 16.1 Å². The number of hydrogen-bond donors (Lipinski definition) is 1. The predicted molar refractivity (Wildman–Crippen MR) is 63.5 cm³/mol. The van der Waals surface area contributed by atoms with E-state index in [4.69, 9.17) is 27.6 Å². The van der Waals surface area contributed by atoms with Crippen LogP contribution in [0.5, 0.6) is 0 Å². The molecule has 0 saturated carbocycles. The highest BCUT2D eigenvalue weighted by molar-refractivity contribution is 6.30. The van der Waals surface area contributed by atoms with Crippen LogP contribution in [0.3, 0.4) is 0 Å². The van der Waals surface area contributed by atoms with E-state index >= 15 is 0 Å². The molecule has 0 amide bonds. The Morgan fingerprint density at radius 1 is 1.19 bits per heavy atom. The van der Waals surface area contributed by atoms with Crippen molar-refractivity contribution in [3.05, 3.63) is 35.2 Å². The summed E-state index contributed by atoms with van der Waals surface area (Å²) in [4.78, 5) is 0. The van der Waals surface area contributed by atoms with Crippen molar-refractivity contribution in [1.82, 2.24) is 10.2 Å². The first-order valence-corrected chi connectivity index (χ1v) is 5.60. The first kappa shape index (κ1) is 11.2. The lowest BCUT2D eigenvalue weighted by Gasteiger charge is -1.99. The SMILES string of the molecule is ClCCc1nnc(Nc2ccc(Cl)cc2)o1. The molecule has 1 heterocycles. The van der Waals surface area contributed by atoms with Crippen molar-refractivity contribution in [2.75, 3.05) is 11.2 Å². The normalized spacial score (nSPS) is 10.4. The summed E-state index contributed by atoms with van der Waals surface area (Å²) in [6, 6.07) is 7.56. The van der Waals surface area contributed by atoms with Gasteiger partial charge in [0.15, 0.2) is 0 Å². The summed E-state index contributed by atoms with van der Waals surface area (Å²) in [6.07, 6.45) is 0.566. The third kappa shape index (κ3) is 2.87. The minimum absolute atomic E-state index is 0.349. The summed E-state index contributed by atoms with van der Waals surface area (Å²) in [5, 5.41) is 11.3. The van der Waals surface area contributed by atoms with Crippen molar-refractivity contribution in [2.24, 2.45) is 0 Å². The Morgan fingerprint density at radius 3 is 2.62 bits per heavy atom. The molecule has 0 fully saturated rings. The third-order valence-corrected chi connectivity index (χ3v) is 2.31. The van der Waals surface area contributed by atoms with E-state index < -0.39 is 0 Å². The van der Waals surface area contributed by atoms with E-state index in [2.05, 4.69) is 15.5 Å². The summed E-state index contributed by atoms with van der Waals surface area (Å²) in [6.45, 7) is 0. The van der Waals surface area contributed by atoms with Gasteiger partial charge in [0.05, 0.1) is 0 Å². The van der Waals surface area contributed by atoms with Gasteiger partial charge < -0.3 is 9.73 Å². The van der Waals surface area contributed by atoms with Gasteiger partial charge in [-0.1, -0.05) is 16.7 Å². The van der Waals surface area contributed by atoms with Gasteiger partial charge in [-0.2, -0.15) is 0 Å². The topological polar surface area (TPSA) is 51.0 Å². The summed E-state index contributed by atoms with van der Waals surface area (Å²) >= 11 is 11.3. The fraction of sp³-hybridized carbons (Fsp3) is 0.200. The van der Waals surface area contributed by atoms with Crippen LogP contribution in [0.15, 0.2) is 28.7 Å². The first-order valence-electron chi connectivity index (χ1n) is 4.69. The number of rotatable bonds is 4. The number of alkyl halides is 1. The molecule has 2 aromatic rings. The summed E-state index contributed by atoms with van der Waals surface area (Å²) in [7, 11) is 0. The van der Waals surface area contributed by atoms with Crippen molar-refractivity contribution in [3.63, 3.8) is 0 Å². The largest absolute Gasteiger partial charge is 0.408 e. The summed E-state index contributed by atoms with van der Waals surface area (Å²) in [5.41, 5.74) is 0.838. The minimum Gasteiger partial charge on any atom is -0.408 e. The minimum atomic E-state index is 0.349. The predicted octanol–water partition coefficient (Wildman–Crippen LogP) is 3.25. The van der Waals surface area contributed by atoms with Gasteiger partial charge in [-0.3, -0.25) is 0 Å². The number of halogens is 2. The van der Waals surface area contributed by atoms with E-state index in [0.717, 1.165) is 5.69 Å². The Bertz CT molecular complexity index is 455. The van der Waals surface area contributed by atoms with Crippen molar-refractivity contribution in [1.29, 1.82) is 0 Å². The van der Waals surface area contributed by atoms with Crippen LogP contribution >= 0.6 is 23.2 Å². The fourth-order valence-corrected chi connectivity index (χ4v) is 1.43. The molecule has 0 aliphatic carbocycles. The summed E-state index contributed by atoms with van der Waals surface area (Å²) in [5.74, 6) is 0.981. The molecule has 84 valence electrons. The molecule has 0 bridgehead atoms. The zero-order chi connectivity index (χ0) is 11.4. The van der Waals surface area contributed by atoms with Crippen molar-refractivity contribution < 1.29 is 4.42 Å². The lowest BCUT2D eigenvalue weighted by molar-refractivity contribution is 0.516. The lowest BCUT2D eigenvalue weighted by Crippen LogP contribution is -1.89. The quantitative estimate of drug-likeness (QED) is 0.855. The molecule has 0 saturated heterocycles. The molecule has 16 heavy (non-hydrogen) atoms. The van der Waals surface area contributed by atoms with Gasteiger partial charge in [0.2, 0.25) is 5.89 Å². The van der Waals surface area contributed by atoms with E-state index in [1.54, 1.807) is 12.1 Å². The van der Waals surface area contributed by atoms with Gasteiger partial charge in [-0.25, -0.2) is 0 Å². The van der Waals surface area contributed by atoms with Crippen LogP contribution in [0, 0.1) is 0 Å². The molecule has 0 atom stereocenters. The number of nitrogens with zero attached hydrogens (tertiary/aromatic N) is 2. The van der Waals surface area contributed by atoms with E-state index in [1.807, 2.05) is 12.1 Å². The zero-order valence-electron chi connectivity index (χ0n) is 8.28. The van der Waals surface area contributed by atoms with Crippen LogP contribution in [0.25, 0.3) is 0 Å². The van der Waals surface area contributed by atoms with Gasteiger partial charge in [0.1, 0.15) is 0 Å². The number of aromatic nitrogens is 2. The maximum absolute atomic E-state index is 5.77. The molecular formula is C10H9Cl2N3O. The average Bonchev–Trinajstić information content (AvgIpc) is 2.70. The second-order valence-corrected chi connectivity index (χ2v) is 3.89. The number of benzene rings is 1. The molecule has 1 aromatic heterocycles. The van der Waals surface area contributed by atoms with Gasteiger partial charge in [0, 0.05) is 23.0 Å². The van der Waals surface area contributed by atoms with Crippen LogP contribution in [0.4, 0.5) is 11.7 Å². The van der Waals surface area contributed by atoms with E-state index in [1.165, 1.54) is 0 Å². The Balaban J connectivity index is 2.05. The average molecular weight is 258 g/mol. The van der Waals surface area contributed by atoms with E-state index in [0.29, 0.717) is 29.2 Å². The molecular weight excluding hydrogens is 249 g/mol. The number of nitrogens with one attached hydrogen (secondary N) is 1. The maximum atomic E-state index is 5.77. The van der Waals surface area contributed by atoms with E-state index in [-0.39, 0.29) is 0 Å². The van der Waals surface area contributed by atoms with Crippen LogP contribution in [0.2, 0.25) is 5.02 Å². The van der Waals surface area contributed by atoms with Gasteiger partial charge in [0.25, 0.3) is 0 Å². The molecule has 0 radical (unpaired) electrons. The summed E-state index contributed by atoms with van der Waals surface area (Å²) < 4.78 is 5.31. The smallest absolute Gasteiger partial charge is 0.320 e. The monoisotopic (exact) mass is 257 g/mol. The molecule has 0 aliphatic rings. The second-order valence-electron chi connectivity index (χ2n) is 3.07. The number of aryl methyl sites for hydroxylation is 1. The fourth-order valence-electron chi connectivity index (χ4n) is 1.14. The molecule has 6 heteroatoms.